The standard InChI is InChI=1S/C25H17ClN4O/c1-14-20(23-15(2)22(13-28)25(29)30-24(23)21(14)12-27)11-16-3-7-18(8-4-16)31-19-9-5-17(26)6-10-19/h3-11H,1-2H3,(H2,29,30)/b20-11+. The molecule has 0 spiro atoms. The van der Waals surface area contributed by atoms with Gasteiger partial charge in [-0.1, -0.05) is 23.7 Å². The highest BCUT2D eigenvalue weighted by molar-refractivity contribution is 6.30. The number of nitrogen functional groups attached to an aromatic ring is 1. The SMILES string of the molecule is CC1=C(C#N)c2nc(N)c(C#N)c(C)c2/C1=C/c1ccc(Oc2ccc(Cl)cc2)cc1. The van der Waals surface area contributed by atoms with Crippen LogP contribution in [0.25, 0.3) is 17.2 Å². The van der Waals surface area contributed by atoms with Gasteiger partial charge >= 0.3 is 0 Å². The Kier molecular flexibility index (Phi) is 5.21. The molecule has 31 heavy (non-hydrogen) atoms. The van der Waals surface area contributed by atoms with E-state index >= 15 is 0 Å². The van der Waals surface area contributed by atoms with E-state index in [2.05, 4.69) is 17.1 Å². The fourth-order valence-electron chi connectivity index (χ4n) is 3.63. The maximum atomic E-state index is 9.66. The second-order valence-corrected chi connectivity index (χ2v) is 7.56. The van der Waals surface area contributed by atoms with Crippen LogP contribution >= 0.6 is 11.6 Å². The monoisotopic (exact) mass is 424 g/mol. The number of hydrogen-bond donors (Lipinski definition) is 1. The van der Waals surface area contributed by atoms with E-state index in [1.807, 2.05) is 44.2 Å². The molecule has 0 amide bonds. The average molecular weight is 425 g/mol. The van der Waals surface area contributed by atoms with Crippen LogP contribution in [0, 0.1) is 29.6 Å². The zero-order chi connectivity index (χ0) is 22.1. The van der Waals surface area contributed by atoms with Gasteiger partial charge in [-0.2, -0.15) is 10.5 Å². The molecule has 0 bridgehead atoms. The molecular weight excluding hydrogens is 408 g/mol. The van der Waals surface area contributed by atoms with Gasteiger partial charge in [-0.3, -0.25) is 0 Å². The number of pyridine rings is 1. The first-order chi connectivity index (χ1) is 14.9. The Morgan fingerprint density at radius 2 is 1.58 bits per heavy atom. The molecule has 2 N–H and O–H groups in total. The number of aromatic nitrogens is 1. The number of rotatable bonds is 3. The van der Waals surface area contributed by atoms with Crippen molar-refractivity contribution in [2.24, 2.45) is 0 Å². The van der Waals surface area contributed by atoms with Crippen molar-refractivity contribution in [3.8, 4) is 23.6 Å². The molecule has 0 aliphatic heterocycles. The van der Waals surface area contributed by atoms with Gasteiger partial charge in [-0.15, -0.1) is 0 Å². The first-order valence-electron chi connectivity index (χ1n) is 9.50. The first kappa shape index (κ1) is 20.2. The minimum atomic E-state index is 0.143. The van der Waals surface area contributed by atoms with Gasteiger partial charge in [-0.05, 0) is 78.6 Å². The van der Waals surface area contributed by atoms with Crippen molar-refractivity contribution < 1.29 is 4.74 Å². The molecule has 3 aromatic rings. The third kappa shape index (κ3) is 3.64. The minimum absolute atomic E-state index is 0.143. The van der Waals surface area contributed by atoms with E-state index in [4.69, 9.17) is 22.1 Å². The molecule has 0 saturated carbocycles. The van der Waals surface area contributed by atoms with Crippen LogP contribution in [0.3, 0.4) is 0 Å². The summed E-state index contributed by atoms with van der Waals surface area (Å²) in [5.74, 6) is 1.53. The molecule has 1 aliphatic carbocycles. The molecule has 0 atom stereocenters. The van der Waals surface area contributed by atoms with Gasteiger partial charge < -0.3 is 10.5 Å². The smallest absolute Gasteiger partial charge is 0.142 e. The van der Waals surface area contributed by atoms with E-state index in [1.54, 1.807) is 24.3 Å². The molecule has 0 saturated heterocycles. The highest BCUT2D eigenvalue weighted by Crippen LogP contribution is 2.44. The quantitative estimate of drug-likeness (QED) is 0.544. The van der Waals surface area contributed by atoms with E-state index in [9.17, 15) is 10.5 Å². The van der Waals surface area contributed by atoms with Gasteiger partial charge in [0.05, 0.1) is 16.8 Å². The Labute approximate surface area is 185 Å². The van der Waals surface area contributed by atoms with Crippen LogP contribution < -0.4 is 10.5 Å². The second-order valence-electron chi connectivity index (χ2n) is 7.13. The largest absolute Gasteiger partial charge is 0.457 e. The van der Waals surface area contributed by atoms with Crippen LogP contribution in [0.1, 0.15) is 34.9 Å². The molecule has 0 unspecified atom stereocenters. The van der Waals surface area contributed by atoms with Crippen LogP contribution in [0.15, 0.2) is 54.1 Å². The summed E-state index contributed by atoms with van der Waals surface area (Å²) in [5.41, 5.74) is 11.4. The first-order valence-corrected chi connectivity index (χ1v) is 9.88. The van der Waals surface area contributed by atoms with E-state index < -0.39 is 0 Å². The Hall–Kier alpha value is -4.06. The van der Waals surface area contributed by atoms with Crippen molar-refractivity contribution in [1.82, 2.24) is 4.98 Å². The van der Waals surface area contributed by atoms with Crippen molar-refractivity contribution in [3.05, 3.63) is 87.1 Å². The predicted octanol–water partition coefficient (Wildman–Crippen LogP) is 6.14. The number of ether oxygens (including phenoxy) is 1. The summed E-state index contributed by atoms with van der Waals surface area (Å²) in [6.45, 7) is 3.71. The molecule has 150 valence electrons. The lowest BCUT2D eigenvalue weighted by atomic mass is 9.95. The minimum Gasteiger partial charge on any atom is -0.457 e. The Morgan fingerprint density at radius 1 is 0.968 bits per heavy atom. The summed E-state index contributed by atoms with van der Waals surface area (Å²) < 4.78 is 5.84. The lowest BCUT2D eigenvalue weighted by Crippen LogP contribution is -2.03. The number of hydrogen-bond acceptors (Lipinski definition) is 5. The molecule has 4 rings (SSSR count). The Bertz CT molecular complexity index is 1340. The lowest BCUT2D eigenvalue weighted by Gasteiger charge is -2.11. The van der Waals surface area contributed by atoms with Crippen molar-refractivity contribution in [2.75, 3.05) is 5.73 Å². The number of nitrogens with zero attached hydrogens (tertiary/aromatic N) is 3. The highest BCUT2D eigenvalue weighted by atomic mass is 35.5. The fraction of sp³-hybridized carbons (Fsp3) is 0.0800. The second kappa shape index (κ2) is 7.99. The number of anilines is 1. The van der Waals surface area contributed by atoms with E-state index in [0.29, 0.717) is 33.4 Å². The van der Waals surface area contributed by atoms with Gasteiger partial charge in [-0.25, -0.2) is 4.98 Å². The van der Waals surface area contributed by atoms with Gasteiger partial charge in [0.2, 0.25) is 0 Å². The maximum Gasteiger partial charge on any atom is 0.142 e. The molecule has 0 fully saturated rings. The molecular formula is C25H17ClN4O. The van der Waals surface area contributed by atoms with Crippen molar-refractivity contribution >= 4 is 34.6 Å². The van der Waals surface area contributed by atoms with E-state index in [1.165, 1.54) is 0 Å². The van der Waals surface area contributed by atoms with Crippen LogP contribution in [0.4, 0.5) is 5.82 Å². The van der Waals surface area contributed by atoms with E-state index in [-0.39, 0.29) is 5.82 Å². The summed E-state index contributed by atoms with van der Waals surface area (Å²) in [6, 6.07) is 19.1. The number of halogens is 1. The number of nitrogens with two attached hydrogens (primary N) is 1. The van der Waals surface area contributed by atoms with Crippen LogP contribution in [0.5, 0.6) is 11.5 Å². The molecule has 5 nitrogen and oxygen atoms in total. The molecule has 1 aromatic heterocycles. The van der Waals surface area contributed by atoms with Gasteiger partial charge in [0.25, 0.3) is 0 Å². The number of benzene rings is 2. The van der Waals surface area contributed by atoms with Gasteiger partial charge in [0, 0.05) is 10.6 Å². The number of nitriles is 2. The number of allylic oxidation sites excluding steroid dienone is 3. The zero-order valence-corrected chi connectivity index (χ0v) is 17.7. The summed E-state index contributed by atoms with van der Waals surface area (Å²) >= 11 is 5.91. The summed E-state index contributed by atoms with van der Waals surface area (Å²) in [4.78, 5) is 4.35. The normalized spacial score (nSPS) is 13.6. The molecule has 2 aromatic carbocycles. The molecule has 6 heteroatoms. The number of fused-ring (bicyclic) bond motifs is 1. The summed E-state index contributed by atoms with van der Waals surface area (Å²) in [5, 5.41) is 19.8. The fourth-order valence-corrected chi connectivity index (χ4v) is 3.76. The molecule has 1 heterocycles. The average Bonchev–Trinajstić information content (AvgIpc) is 3.02. The predicted molar refractivity (Wildman–Crippen MR) is 122 cm³/mol. The topological polar surface area (TPSA) is 95.7 Å². The van der Waals surface area contributed by atoms with Crippen molar-refractivity contribution in [3.63, 3.8) is 0 Å². The zero-order valence-electron chi connectivity index (χ0n) is 16.9. The van der Waals surface area contributed by atoms with Gasteiger partial charge in [0.15, 0.2) is 0 Å². The third-order valence-electron chi connectivity index (χ3n) is 5.22. The lowest BCUT2D eigenvalue weighted by molar-refractivity contribution is 0.482. The van der Waals surface area contributed by atoms with Crippen molar-refractivity contribution in [1.29, 1.82) is 10.5 Å². The van der Waals surface area contributed by atoms with Crippen LogP contribution in [-0.4, -0.2) is 4.98 Å². The Morgan fingerprint density at radius 3 is 2.16 bits per heavy atom. The molecule has 0 radical (unpaired) electrons. The van der Waals surface area contributed by atoms with Crippen LogP contribution in [0.2, 0.25) is 5.02 Å². The van der Waals surface area contributed by atoms with E-state index in [0.717, 1.165) is 27.8 Å². The summed E-state index contributed by atoms with van der Waals surface area (Å²) in [7, 11) is 0. The van der Waals surface area contributed by atoms with Crippen LogP contribution in [-0.2, 0) is 0 Å². The van der Waals surface area contributed by atoms with Gasteiger partial charge in [0.1, 0.15) is 29.5 Å². The Balaban J connectivity index is 1.72. The maximum absolute atomic E-state index is 9.66. The highest BCUT2D eigenvalue weighted by Gasteiger charge is 2.29. The molecule has 1 aliphatic rings. The summed E-state index contributed by atoms with van der Waals surface area (Å²) in [6.07, 6.45) is 1.98. The third-order valence-corrected chi connectivity index (χ3v) is 5.48. The van der Waals surface area contributed by atoms with Crippen molar-refractivity contribution in [2.45, 2.75) is 13.8 Å².